The minimum Gasteiger partial charge on any atom is -0.493 e. The average Bonchev–Trinajstić information content (AvgIpc) is 3.35. The lowest BCUT2D eigenvalue weighted by atomic mass is 9.98. The van der Waals surface area contributed by atoms with E-state index in [1.165, 1.54) is 0 Å². The molecule has 4 heteroatoms. The smallest absolute Gasteiger partial charge is 0.256 e. The number of carbonyl (C=O) groups is 1. The van der Waals surface area contributed by atoms with Crippen LogP contribution in [0.2, 0.25) is 0 Å². The van der Waals surface area contributed by atoms with Crippen LogP contribution in [0, 0.1) is 19.8 Å². The van der Waals surface area contributed by atoms with Crippen molar-refractivity contribution in [2.45, 2.75) is 65.9 Å². The number of carbonyl (C=O) groups excluding carboxylic acids is 1. The highest BCUT2D eigenvalue weighted by Gasteiger charge is 2.48. The molecular weight excluding hydrogens is 302 g/mol. The molecule has 1 saturated carbocycles. The van der Waals surface area contributed by atoms with E-state index in [2.05, 4.69) is 12.2 Å². The first-order valence-corrected chi connectivity index (χ1v) is 9.11. The van der Waals surface area contributed by atoms with Gasteiger partial charge in [0.25, 0.3) is 5.91 Å². The molecule has 24 heavy (non-hydrogen) atoms. The van der Waals surface area contributed by atoms with E-state index in [4.69, 9.17) is 9.47 Å². The zero-order valence-corrected chi connectivity index (χ0v) is 15.7. The lowest BCUT2D eigenvalue weighted by molar-refractivity contribution is -0.141. The van der Waals surface area contributed by atoms with Crippen LogP contribution in [0.15, 0.2) is 12.1 Å². The van der Waals surface area contributed by atoms with E-state index in [0.29, 0.717) is 12.5 Å². The Morgan fingerprint density at radius 3 is 2.38 bits per heavy atom. The van der Waals surface area contributed by atoms with Crippen molar-refractivity contribution >= 4 is 11.6 Å². The fraction of sp³-hybridized carbons (Fsp3) is 0.650. The maximum Gasteiger partial charge on any atom is 0.256 e. The second kappa shape index (κ2) is 8.02. The van der Waals surface area contributed by atoms with Crippen molar-refractivity contribution in [3.63, 3.8) is 0 Å². The molecule has 0 spiro atoms. The number of hydrogen-bond acceptors (Lipinski definition) is 3. The molecule has 1 fully saturated rings. The molecule has 1 aromatic carbocycles. The predicted octanol–water partition coefficient (Wildman–Crippen LogP) is 4.63. The molecule has 1 amide bonds. The van der Waals surface area contributed by atoms with Crippen LogP contribution in [0.5, 0.6) is 5.75 Å². The number of hydrogen-bond donors (Lipinski definition) is 1. The number of anilines is 1. The van der Waals surface area contributed by atoms with Gasteiger partial charge in [0, 0.05) is 12.3 Å². The summed E-state index contributed by atoms with van der Waals surface area (Å²) in [6.45, 7) is 11.3. The van der Waals surface area contributed by atoms with Crippen LogP contribution in [-0.2, 0) is 9.53 Å². The van der Waals surface area contributed by atoms with Crippen molar-refractivity contribution in [1.82, 2.24) is 0 Å². The van der Waals surface area contributed by atoms with Crippen LogP contribution in [-0.4, -0.2) is 24.7 Å². The molecule has 0 aliphatic heterocycles. The quantitative estimate of drug-likeness (QED) is 0.670. The van der Waals surface area contributed by atoms with Gasteiger partial charge in [-0.1, -0.05) is 13.3 Å². The van der Waals surface area contributed by atoms with Gasteiger partial charge in [-0.2, -0.15) is 0 Å². The van der Waals surface area contributed by atoms with Crippen molar-refractivity contribution in [1.29, 1.82) is 0 Å². The summed E-state index contributed by atoms with van der Waals surface area (Å²) >= 11 is 0. The van der Waals surface area contributed by atoms with Gasteiger partial charge >= 0.3 is 0 Å². The zero-order chi connectivity index (χ0) is 17.7. The number of amides is 1. The van der Waals surface area contributed by atoms with E-state index in [0.717, 1.165) is 54.9 Å². The van der Waals surface area contributed by atoms with Gasteiger partial charge in [0.2, 0.25) is 0 Å². The Morgan fingerprint density at radius 2 is 1.88 bits per heavy atom. The number of ether oxygens (including phenoxy) is 2. The van der Waals surface area contributed by atoms with Gasteiger partial charge < -0.3 is 14.8 Å². The maximum atomic E-state index is 12.8. The summed E-state index contributed by atoms with van der Waals surface area (Å²) in [5, 5.41) is 3.05. The summed E-state index contributed by atoms with van der Waals surface area (Å²) < 4.78 is 11.7. The van der Waals surface area contributed by atoms with Gasteiger partial charge in [-0.25, -0.2) is 0 Å². The molecule has 2 rings (SSSR count). The van der Waals surface area contributed by atoms with Crippen molar-refractivity contribution < 1.29 is 14.3 Å². The van der Waals surface area contributed by atoms with Gasteiger partial charge in [0.05, 0.1) is 6.61 Å². The Kier molecular flexibility index (Phi) is 6.27. The third-order valence-corrected chi connectivity index (χ3v) is 4.71. The first kappa shape index (κ1) is 18.8. The van der Waals surface area contributed by atoms with Crippen molar-refractivity contribution in [2.75, 3.05) is 18.5 Å². The van der Waals surface area contributed by atoms with Gasteiger partial charge in [-0.05, 0) is 76.1 Å². The van der Waals surface area contributed by atoms with Crippen molar-refractivity contribution in [2.24, 2.45) is 5.92 Å². The topological polar surface area (TPSA) is 47.6 Å². The third kappa shape index (κ3) is 4.29. The first-order valence-electron chi connectivity index (χ1n) is 9.11. The first-order chi connectivity index (χ1) is 11.4. The lowest BCUT2D eigenvalue weighted by Gasteiger charge is -2.28. The molecule has 1 aromatic rings. The molecule has 134 valence electrons. The minimum atomic E-state index is -0.729. The number of aryl methyl sites for hydroxylation is 2. The maximum absolute atomic E-state index is 12.8. The number of rotatable bonds is 9. The van der Waals surface area contributed by atoms with Crippen LogP contribution >= 0.6 is 0 Å². The van der Waals surface area contributed by atoms with E-state index in [9.17, 15) is 4.79 Å². The molecule has 1 N–H and O–H groups in total. The second-order valence-electron chi connectivity index (χ2n) is 6.91. The molecule has 0 bridgehead atoms. The lowest BCUT2D eigenvalue weighted by Crippen LogP contribution is -2.44. The van der Waals surface area contributed by atoms with Crippen molar-refractivity contribution in [3.8, 4) is 5.75 Å². The van der Waals surface area contributed by atoms with Gasteiger partial charge in [0.1, 0.15) is 11.4 Å². The Hall–Kier alpha value is -1.55. The second-order valence-corrected chi connectivity index (χ2v) is 6.91. The Bertz CT molecular complexity index is 557. The monoisotopic (exact) mass is 333 g/mol. The standard InChI is InChI=1S/C20H31NO3/c1-6-8-11-23-18-14(3)12-17(13-15(18)4)21-19(22)20(5,24-7-2)16-9-10-16/h12-13,16H,6-11H2,1-5H3,(H,21,22)/t20-/m0/s1. The van der Waals surface area contributed by atoms with E-state index >= 15 is 0 Å². The summed E-state index contributed by atoms with van der Waals surface area (Å²) in [7, 11) is 0. The molecule has 0 aromatic heterocycles. The highest BCUT2D eigenvalue weighted by atomic mass is 16.5. The molecule has 0 radical (unpaired) electrons. The fourth-order valence-corrected chi connectivity index (χ4v) is 3.13. The van der Waals surface area contributed by atoms with E-state index < -0.39 is 5.60 Å². The largest absolute Gasteiger partial charge is 0.493 e. The summed E-state index contributed by atoms with van der Waals surface area (Å²) in [6.07, 6.45) is 4.28. The summed E-state index contributed by atoms with van der Waals surface area (Å²) in [4.78, 5) is 12.8. The SMILES string of the molecule is CCCCOc1c(C)cc(NC(=O)[C@@](C)(OCC)C2CC2)cc1C. The predicted molar refractivity (Wildman–Crippen MR) is 97.7 cm³/mol. The molecule has 1 aliphatic rings. The Labute approximate surface area is 145 Å². The van der Waals surface area contributed by atoms with Crippen LogP contribution in [0.4, 0.5) is 5.69 Å². The molecule has 1 atom stereocenters. The van der Waals surface area contributed by atoms with Crippen LogP contribution in [0.25, 0.3) is 0 Å². The molecule has 1 aliphatic carbocycles. The third-order valence-electron chi connectivity index (χ3n) is 4.71. The molecule has 0 unspecified atom stereocenters. The van der Waals surface area contributed by atoms with Crippen LogP contribution < -0.4 is 10.1 Å². The zero-order valence-electron chi connectivity index (χ0n) is 15.7. The fourth-order valence-electron chi connectivity index (χ4n) is 3.13. The highest BCUT2D eigenvalue weighted by molar-refractivity contribution is 5.97. The van der Waals surface area contributed by atoms with Crippen LogP contribution in [0.1, 0.15) is 57.6 Å². The molecular formula is C20H31NO3. The van der Waals surface area contributed by atoms with Crippen LogP contribution in [0.3, 0.4) is 0 Å². The summed E-state index contributed by atoms with van der Waals surface area (Å²) in [5.41, 5.74) is 2.17. The molecule has 4 nitrogen and oxygen atoms in total. The Balaban J connectivity index is 2.10. The molecule has 0 heterocycles. The van der Waals surface area contributed by atoms with Crippen molar-refractivity contribution in [3.05, 3.63) is 23.3 Å². The summed E-state index contributed by atoms with van der Waals surface area (Å²) in [6, 6.07) is 3.96. The van der Waals surface area contributed by atoms with E-state index in [1.807, 2.05) is 39.8 Å². The van der Waals surface area contributed by atoms with Gasteiger partial charge in [-0.3, -0.25) is 4.79 Å². The normalized spacial score (nSPS) is 16.5. The molecule has 0 saturated heterocycles. The van der Waals surface area contributed by atoms with Gasteiger partial charge in [-0.15, -0.1) is 0 Å². The average molecular weight is 333 g/mol. The number of benzene rings is 1. The highest BCUT2D eigenvalue weighted by Crippen LogP contribution is 2.42. The Morgan fingerprint density at radius 1 is 1.25 bits per heavy atom. The van der Waals surface area contributed by atoms with E-state index in [1.54, 1.807) is 0 Å². The number of unbranched alkanes of at least 4 members (excludes halogenated alkanes) is 1. The van der Waals surface area contributed by atoms with Gasteiger partial charge in [0.15, 0.2) is 0 Å². The van der Waals surface area contributed by atoms with E-state index in [-0.39, 0.29) is 5.91 Å². The minimum absolute atomic E-state index is 0.0506. The summed E-state index contributed by atoms with van der Waals surface area (Å²) in [5.74, 6) is 1.21. The number of nitrogens with one attached hydrogen (secondary N) is 1.